The molecule has 0 aliphatic carbocycles. The fraction of sp³-hybridized carbons (Fsp3) is 0.500. The SMILES string of the molecule is CCCCCCC(CCC(=O)OCC)c1cccc2ccccc12. The van der Waals surface area contributed by atoms with Crippen molar-refractivity contribution < 1.29 is 9.53 Å². The molecule has 130 valence electrons. The molecule has 0 radical (unpaired) electrons. The maximum Gasteiger partial charge on any atom is 0.305 e. The zero-order valence-corrected chi connectivity index (χ0v) is 15.1. The predicted molar refractivity (Wildman–Crippen MR) is 101 cm³/mol. The lowest BCUT2D eigenvalue weighted by Gasteiger charge is -2.19. The van der Waals surface area contributed by atoms with E-state index in [1.807, 2.05) is 6.92 Å². The van der Waals surface area contributed by atoms with Crippen molar-refractivity contribution in [2.75, 3.05) is 6.61 Å². The Morgan fingerprint density at radius 2 is 1.75 bits per heavy atom. The summed E-state index contributed by atoms with van der Waals surface area (Å²) in [7, 11) is 0. The van der Waals surface area contributed by atoms with Gasteiger partial charge in [-0.3, -0.25) is 4.79 Å². The number of esters is 1. The third-order valence-corrected chi connectivity index (χ3v) is 4.67. The van der Waals surface area contributed by atoms with Gasteiger partial charge in [0.2, 0.25) is 0 Å². The quantitative estimate of drug-likeness (QED) is 0.382. The Hall–Kier alpha value is -1.83. The highest BCUT2D eigenvalue weighted by Crippen LogP contribution is 2.33. The van der Waals surface area contributed by atoms with Crippen LogP contribution in [-0.2, 0) is 9.53 Å². The van der Waals surface area contributed by atoms with Crippen molar-refractivity contribution in [2.24, 2.45) is 0 Å². The van der Waals surface area contributed by atoms with E-state index in [2.05, 4.69) is 49.4 Å². The summed E-state index contributed by atoms with van der Waals surface area (Å²) in [6, 6.07) is 15.1. The Labute approximate surface area is 146 Å². The highest BCUT2D eigenvalue weighted by Gasteiger charge is 2.16. The van der Waals surface area contributed by atoms with Crippen molar-refractivity contribution in [3.63, 3.8) is 0 Å². The average molecular weight is 326 g/mol. The molecule has 0 bridgehead atoms. The van der Waals surface area contributed by atoms with Gasteiger partial charge in [-0.2, -0.15) is 0 Å². The Kier molecular flexibility index (Phi) is 7.81. The summed E-state index contributed by atoms with van der Waals surface area (Å²) in [5.41, 5.74) is 1.38. The minimum absolute atomic E-state index is 0.0729. The maximum atomic E-state index is 11.8. The maximum absolute atomic E-state index is 11.8. The first kappa shape index (κ1) is 18.5. The minimum Gasteiger partial charge on any atom is -0.466 e. The van der Waals surface area contributed by atoms with Crippen LogP contribution >= 0.6 is 0 Å². The molecule has 0 saturated carbocycles. The van der Waals surface area contributed by atoms with Gasteiger partial charge in [0.05, 0.1) is 6.61 Å². The van der Waals surface area contributed by atoms with Gasteiger partial charge in [-0.05, 0) is 42.0 Å². The van der Waals surface area contributed by atoms with E-state index in [0.717, 1.165) is 12.8 Å². The lowest BCUT2D eigenvalue weighted by molar-refractivity contribution is -0.143. The van der Waals surface area contributed by atoms with Crippen molar-refractivity contribution in [3.05, 3.63) is 48.0 Å². The molecule has 0 aliphatic rings. The van der Waals surface area contributed by atoms with Crippen LogP contribution in [0, 0.1) is 0 Å². The van der Waals surface area contributed by atoms with Crippen LogP contribution in [0.4, 0.5) is 0 Å². The molecule has 0 heterocycles. The van der Waals surface area contributed by atoms with Crippen LogP contribution in [0.5, 0.6) is 0 Å². The van der Waals surface area contributed by atoms with Gasteiger partial charge in [0.25, 0.3) is 0 Å². The highest BCUT2D eigenvalue weighted by molar-refractivity contribution is 5.86. The van der Waals surface area contributed by atoms with Crippen LogP contribution in [0.25, 0.3) is 10.8 Å². The van der Waals surface area contributed by atoms with Gasteiger partial charge in [-0.1, -0.05) is 75.1 Å². The van der Waals surface area contributed by atoms with Crippen molar-refractivity contribution in [1.82, 2.24) is 0 Å². The number of carbonyl (C=O) groups is 1. The van der Waals surface area contributed by atoms with Crippen LogP contribution < -0.4 is 0 Å². The van der Waals surface area contributed by atoms with Gasteiger partial charge in [-0.25, -0.2) is 0 Å². The van der Waals surface area contributed by atoms with Crippen molar-refractivity contribution in [1.29, 1.82) is 0 Å². The van der Waals surface area contributed by atoms with E-state index in [-0.39, 0.29) is 5.97 Å². The predicted octanol–water partition coefficient (Wildman–Crippen LogP) is 6.24. The standard InChI is InChI=1S/C22H30O2/c1-3-5-6-7-11-19(16-17-22(23)24-4-2)21-15-10-13-18-12-8-9-14-20(18)21/h8-10,12-15,19H,3-7,11,16-17H2,1-2H3. The Morgan fingerprint density at radius 1 is 0.958 bits per heavy atom. The zero-order valence-electron chi connectivity index (χ0n) is 15.1. The molecule has 2 rings (SSSR count). The molecule has 0 saturated heterocycles. The first-order chi connectivity index (χ1) is 11.8. The molecule has 0 N–H and O–H groups in total. The summed E-state index contributed by atoms with van der Waals surface area (Å²) in [6.45, 7) is 4.57. The molecule has 2 nitrogen and oxygen atoms in total. The lowest BCUT2D eigenvalue weighted by atomic mass is 9.86. The Balaban J connectivity index is 2.14. The van der Waals surface area contributed by atoms with Crippen LogP contribution in [0.15, 0.2) is 42.5 Å². The molecule has 2 heteroatoms. The second kappa shape index (κ2) is 10.1. The van der Waals surface area contributed by atoms with Crippen molar-refractivity contribution >= 4 is 16.7 Å². The number of ether oxygens (including phenoxy) is 1. The molecule has 1 unspecified atom stereocenters. The minimum atomic E-state index is -0.0729. The van der Waals surface area contributed by atoms with Crippen molar-refractivity contribution in [3.8, 4) is 0 Å². The number of fused-ring (bicyclic) bond motifs is 1. The number of unbranched alkanes of at least 4 members (excludes halogenated alkanes) is 3. The first-order valence-corrected chi connectivity index (χ1v) is 9.39. The summed E-state index contributed by atoms with van der Waals surface area (Å²) < 4.78 is 5.12. The van der Waals surface area contributed by atoms with E-state index in [1.165, 1.54) is 42.0 Å². The molecule has 0 aliphatic heterocycles. The molecular weight excluding hydrogens is 296 g/mol. The van der Waals surface area contributed by atoms with Crippen molar-refractivity contribution in [2.45, 2.75) is 64.7 Å². The number of hydrogen-bond acceptors (Lipinski definition) is 2. The molecule has 0 aromatic heterocycles. The smallest absolute Gasteiger partial charge is 0.305 e. The second-order valence-corrected chi connectivity index (χ2v) is 6.46. The van der Waals surface area contributed by atoms with Crippen LogP contribution in [-0.4, -0.2) is 12.6 Å². The number of carbonyl (C=O) groups excluding carboxylic acids is 1. The summed E-state index contributed by atoms with van der Waals surface area (Å²) in [5.74, 6) is 0.355. The summed E-state index contributed by atoms with van der Waals surface area (Å²) in [5, 5.41) is 2.61. The van der Waals surface area contributed by atoms with Gasteiger partial charge >= 0.3 is 5.97 Å². The van der Waals surface area contributed by atoms with E-state index in [0.29, 0.717) is 18.9 Å². The second-order valence-electron chi connectivity index (χ2n) is 6.46. The average Bonchev–Trinajstić information content (AvgIpc) is 2.61. The third-order valence-electron chi connectivity index (χ3n) is 4.67. The van der Waals surface area contributed by atoms with Gasteiger partial charge < -0.3 is 4.74 Å². The fourth-order valence-corrected chi connectivity index (χ4v) is 3.40. The van der Waals surface area contributed by atoms with Gasteiger partial charge in [0.15, 0.2) is 0 Å². The third kappa shape index (κ3) is 5.36. The summed E-state index contributed by atoms with van der Waals surface area (Å²) >= 11 is 0. The number of hydrogen-bond donors (Lipinski definition) is 0. The van der Waals surface area contributed by atoms with Gasteiger partial charge in [0.1, 0.15) is 0 Å². The van der Waals surface area contributed by atoms with Crippen LogP contribution in [0.2, 0.25) is 0 Å². The number of benzene rings is 2. The Morgan fingerprint density at radius 3 is 2.54 bits per heavy atom. The molecule has 0 fully saturated rings. The number of rotatable bonds is 10. The zero-order chi connectivity index (χ0) is 17.2. The normalized spacial score (nSPS) is 12.2. The van der Waals surface area contributed by atoms with E-state index < -0.39 is 0 Å². The van der Waals surface area contributed by atoms with E-state index in [1.54, 1.807) is 0 Å². The lowest BCUT2D eigenvalue weighted by Crippen LogP contribution is -2.08. The molecular formula is C22H30O2. The monoisotopic (exact) mass is 326 g/mol. The molecule has 2 aromatic carbocycles. The summed E-state index contributed by atoms with van der Waals surface area (Å²) in [6.07, 6.45) is 7.57. The summed E-state index contributed by atoms with van der Waals surface area (Å²) in [4.78, 5) is 11.8. The molecule has 0 spiro atoms. The van der Waals surface area contributed by atoms with Crippen LogP contribution in [0.3, 0.4) is 0 Å². The first-order valence-electron chi connectivity index (χ1n) is 9.39. The van der Waals surface area contributed by atoms with E-state index in [9.17, 15) is 4.79 Å². The topological polar surface area (TPSA) is 26.3 Å². The van der Waals surface area contributed by atoms with E-state index in [4.69, 9.17) is 4.74 Å². The Bertz CT molecular complexity index is 627. The van der Waals surface area contributed by atoms with Gasteiger partial charge in [-0.15, -0.1) is 0 Å². The highest BCUT2D eigenvalue weighted by atomic mass is 16.5. The molecule has 2 aromatic rings. The molecule has 0 amide bonds. The van der Waals surface area contributed by atoms with Gasteiger partial charge in [0, 0.05) is 6.42 Å². The fourth-order valence-electron chi connectivity index (χ4n) is 3.40. The van der Waals surface area contributed by atoms with E-state index >= 15 is 0 Å². The molecule has 1 atom stereocenters. The van der Waals surface area contributed by atoms with Crippen LogP contribution in [0.1, 0.15) is 70.3 Å². The molecule has 24 heavy (non-hydrogen) atoms. The largest absolute Gasteiger partial charge is 0.466 e.